The lowest BCUT2D eigenvalue weighted by Gasteiger charge is -2.27. The number of nitrogens with zero attached hydrogens (tertiary/aromatic N) is 1. The average molecular weight is 328 g/mol. The summed E-state index contributed by atoms with van der Waals surface area (Å²) < 4.78 is 7.63. The molecule has 1 aliphatic heterocycles. The van der Waals surface area contributed by atoms with Crippen LogP contribution < -0.4 is 14.4 Å². The molecule has 2 aromatic carbocycles. The zero-order valence-electron chi connectivity index (χ0n) is 14.2. The summed E-state index contributed by atoms with van der Waals surface area (Å²) in [7, 11) is 1.70. The van der Waals surface area contributed by atoms with E-state index in [2.05, 4.69) is 60.7 Å². The van der Waals surface area contributed by atoms with E-state index in [0.717, 1.165) is 18.7 Å². The van der Waals surface area contributed by atoms with Gasteiger partial charge in [-0.25, -0.2) is 0 Å². The Kier molecular flexibility index (Phi) is 4.44. The lowest BCUT2D eigenvalue weighted by Crippen LogP contribution is -2.27. The van der Waals surface area contributed by atoms with E-state index in [1.807, 2.05) is 12.1 Å². The predicted molar refractivity (Wildman–Crippen MR) is 99.7 cm³/mol. The minimum atomic E-state index is 0.0498. The van der Waals surface area contributed by atoms with Crippen molar-refractivity contribution >= 4 is 23.3 Å². The van der Waals surface area contributed by atoms with Crippen molar-refractivity contribution in [2.75, 3.05) is 23.3 Å². The van der Waals surface area contributed by atoms with Crippen LogP contribution in [-0.4, -0.2) is 19.2 Å². The van der Waals surface area contributed by atoms with Crippen LogP contribution in [0.2, 0.25) is 0 Å². The molecule has 122 valence electrons. The van der Waals surface area contributed by atoms with E-state index >= 15 is 0 Å². The van der Waals surface area contributed by atoms with Crippen molar-refractivity contribution in [1.29, 1.82) is 0 Å². The molecule has 0 saturated heterocycles. The number of rotatable bonds is 4. The van der Waals surface area contributed by atoms with E-state index in [4.69, 9.17) is 4.74 Å². The fraction of sp³-hybridized carbons (Fsp3) is 0.368. The highest BCUT2D eigenvalue weighted by atomic mass is 32.2. The Morgan fingerprint density at radius 3 is 2.48 bits per heavy atom. The number of benzene rings is 2. The first kappa shape index (κ1) is 16.1. The van der Waals surface area contributed by atoms with Gasteiger partial charge in [-0.05, 0) is 75.0 Å². The third-order valence-electron chi connectivity index (χ3n) is 3.74. The van der Waals surface area contributed by atoms with Gasteiger partial charge >= 0.3 is 0 Å². The second-order valence-corrected chi connectivity index (χ2v) is 7.90. The molecule has 4 heteroatoms. The standard InChI is InChI=1S/C19H24N2OS/c1-19(2,3)20-17-7-5-6-14-12-13-21(18(14)17)23-16-10-8-15(22-4)9-11-16/h5-11,20H,12-13H2,1-4H3. The molecule has 2 aromatic rings. The Hall–Kier alpha value is -1.81. The molecule has 0 radical (unpaired) electrons. The number of ether oxygens (including phenoxy) is 1. The Labute approximate surface area is 143 Å². The maximum absolute atomic E-state index is 5.24. The minimum absolute atomic E-state index is 0.0498. The van der Waals surface area contributed by atoms with E-state index in [9.17, 15) is 0 Å². The van der Waals surface area contributed by atoms with Gasteiger partial charge in [-0.3, -0.25) is 0 Å². The molecule has 0 amide bonds. The molecule has 1 N–H and O–H groups in total. The van der Waals surface area contributed by atoms with Crippen LogP contribution in [0.15, 0.2) is 47.4 Å². The fourth-order valence-electron chi connectivity index (χ4n) is 2.78. The van der Waals surface area contributed by atoms with Crippen LogP contribution >= 0.6 is 11.9 Å². The molecule has 0 fully saturated rings. The van der Waals surface area contributed by atoms with E-state index in [1.54, 1.807) is 19.1 Å². The second-order valence-electron chi connectivity index (χ2n) is 6.81. The van der Waals surface area contributed by atoms with Crippen LogP contribution in [0, 0.1) is 0 Å². The van der Waals surface area contributed by atoms with Crippen LogP contribution in [0.25, 0.3) is 0 Å². The van der Waals surface area contributed by atoms with Gasteiger partial charge in [0.05, 0.1) is 18.5 Å². The smallest absolute Gasteiger partial charge is 0.118 e. The first-order chi connectivity index (χ1) is 11.0. The molecular weight excluding hydrogens is 304 g/mol. The van der Waals surface area contributed by atoms with Crippen LogP contribution in [-0.2, 0) is 6.42 Å². The molecule has 0 unspecified atom stereocenters. The third kappa shape index (κ3) is 3.75. The molecular formula is C19H24N2OS. The van der Waals surface area contributed by atoms with Gasteiger partial charge in [-0.15, -0.1) is 0 Å². The zero-order valence-corrected chi connectivity index (χ0v) is 15.0. The topological polar surface area (TPSA) is 24.5 Å². The molecule has 0 spiro atoms. The monoisotopic (exact) mass is 328 g/mol. The first-order valence-electron chi connectivity index (χ1n) is 7.96. The summed E-state index contributed by atoms with van der Waals surface area (Å²) in [6.45, 7) is 7.63. The summed E-state index contributed by atoms with van der Waals surface area (Å²) in [6.07, 6.45) is 1.10. The Balaban J connectivity index is 1.85. The molecule has 1 aliphatic rings. The highest BCUT2D eigenvalue weighted by Crippen LogP contribution is 2.42. The molecule has 0 aliphatic carbocycles. The lowest BCUT2D eigenvalue weighted by molar-refractivity contribution is 0.414. The van der Waals surface area contributed by atoms with Gasteiger partial charge in [0, 0.05) is 17.0 Å². The van der Waals surface area contributed by atoms with Crippen molar-refractivity contribution < 1.29 is 4.74 Å². The second kappa shape index (κ2) is 6.36. The third-order valence-corrected chi connectivity index (χ3v) is 4.81. The predicted octanol–water partition coefficient (Wildman–Crippen LogP) is 4.98. The quantitative estimate of drug-likeness (QED) is 0.800. The van der Waals surface area contributed by atoms with E-state index in [0.29, 0.717) is 0 Å². The van der Waals surface area contributed by atoms with Crippen molar-refractivity contribution in [2.24, 2.45) is 0 Å². The van der Waals surface area contributed by atoms with Crippen molar-refractivity contribution in [3.8, 4) is 5.75 Å². The van der Waals surface area contributed by atoms with Gasteiger partial charge < -0.3 is 14.4 Å². The van der Waals surface area contributed by atoms with Crippen LogP contribution in [0.5, 0.6) is 5.75 Å². The van der Waals surface area contributed by atoms with Crippen molar-refractivity contribution in [1.82, 2.24) is 0 Å². The summed E-state index contributed by atoms with van der Waals surface area (Å²) in [5.74, 6) is 0.895. The molecule has 1 heterocycles. The molecule has 0 bridgehead atoms. The summed E-state index contributed by atoms with van der Waals surface area (Å²) >= 11 is 1.79. The number of hydrogen-bond donors (Lipinski definition) is 1. The van der Waals surface area contributed by atoms with Gasteiger partial charge in [0.25, 0.3) is 0 Å². The summed E-state index contributed by atoms with van der Waals surface area (Å²) in [5, 5.41) is 3.64. The van der Waals surface area contributed by atoms with Crippen molar-refractivity contribution in [3.05, 3.63) is 48.0 Å². The van der Waals surface area contributed by atoms with Crippen LogP contribution in [0.1, 0.15) is 26.3 Å². The molecule has 0 saturated carbocycles. The van der Waals surface area contributed by atoms with Gasteiger partial charge in [0.15, 0.2) is 0 Å². The van der Waals surface area contributed by atoms with E-state index in [1.165, 1.54) is 21.8 Å². The number of hydrogen-bond acceptors (Lipinski definition) is 4. The highest BCUT2D eigenvalue weighted by molar-refractivity contribution is 8.00. The van der Waals surface area contributed by atoms with Gasteiger partial charge in [0.2, 0.25) is 0 Å². The largest absolute Gasteiger partial charge is 0.497 e. The molecule has 3 nitrogen and oxygen atoms in total. The van der Waals surface area contributed by atoms with E-state index in [-0.39, 0.29) is 5.54 Å². The number of fused-ring (bicyclic) bond motifs is 1. The first-order valence-corrected chi connectivity index (χ1v) is 8.73. The van der Waals surface area contributed by atoms with Gasteiger partial charge in [0.1, 0.15) is 5.75 Å². The van der Waals surface area contributed by atoms with Gasteiger partial charge in [-0.2, -0.15) is 0 Å². The Morgan fingerprint density at radius 1 is 1.09 bits per heavy atom. The lowest BCUT2D eigenvalue weighted by atomic mass is 10.1. The molecule has 23 heavy (non-hydrogen) atoms. The Bertz CT molecular complexity index is 677. The SMILES string of the molecule is COc1ccc(SN2CCc3cccc(NC(C)(C)C)c32)cc1. The van der Waals surface area contributed by atoms with Gasteiger partial charge in [-0.1, -0.05) is 12.1 Å². The normalized spacial score (nSPS) is 13.8. The van der Waals surface area contributed by atoms with Crippen LogP contribution in [0.3, 0.4) is 0 Å². The average Bonchev–Trinajstić information content (AvgIpc) is 2.91. The maximum Gasteiger partial charge on any atom is 0.118 e. The molecule has 3 rings (SSSR count). The van der Waals surface area contributed by atoms with E-state index < -0.39 is 0 Å². The van der Waals surface area contributed by atoms with Crippen LogP contribution in [0.4, 0.5) is 11.4 Å². The number of nitrogens with one attached hydrogen (secondary N) is 1. The fourth-order valence-corrected chi connectivity index (χ4v) is 3.78. The summed E-state index contributed by atoms with van der Waals surface area (Å²) in [4.78, 5) is 1.23. The minimum Gasteiger partial charge on any atom is -0.497 e. The summed E-state index contributed by atoms with van der Waals surface area (Å²) in [5.41, 5.74) is 4.01. The zero-order chi connectivity index (χ0) is 16.4. The van der Waals surface area contributed by atoms with Crippen molar-refractivity contribution in [2.45, 2.75) is 37.6 Å². The Morgan fingerprint density at radius 2 is 1.83 bits per heavy atom. The number of anilines is 2. The maximum atomic E-state index is 5.24. The number of methoxy groups -OCH3 is 1. The number of para-hydroxylation sites is 1. The molecule has 0 aromatic heterocycles. The molecule has 0 atom stereocenters. The summed E-state index contributed by atoms with van der Waals surface area (Å²) in [6, 6.07) is 14.8. The van der Waals surface area contributed by atoms with Crippen molar-refractivity contribution in [3.63, 3.8) is 0 Å². The highest BCUT2D eigenvalue weighted by Gasteiger charge is 2.25.